The third-order valence-corrected chi connectivity index (χ3v) is 4.21. The molecule has 4 heteroatoms. The standard InChI is InChI=1S/C18H17BrN2O/c1-13-11-20-18(14-7-9-16(19)10-8-14)21(13)12-15-5-3-4-6-17(15)22-2/h3-11H,12H2,1-2H3. The minimum Gasteiger partial charge on any atom is -0.496 e. The third-order valence-electron chi connectivity index (χ3n) is 3.68. The Hall–Kier alpha value is -2.07. The molecule has 0 N–H and O–H groups in total. The predicted octanol–water partition coefficient (Wildman–Crippen LogP) is 4.68. The summed E-state index contributed by atoms with van der Waals surface area (Å²) in [5.41, 5.74) is 3.37. The van der Waals surface area contributed by atoms with E-state index in [0.717, 1.165) is 39.4 Å². The van der Waals surface area contributed by atoms with E-state index in [1.54, 1.807) is 7.11 Å². The lowest BCUT2D eigenvalue weighted by Gasteiger charge is -2.13. The Labute approximate surface area is 138 Å². The minimum atomic E-state index is 0.737. The van der Waals surface area contributed by atoms with Crippen molar-refractivity contribution in [2.24, 2.45) is 0 Å². The molecule has 0 spiro atoms. The molecule has 2 aromatic carbocycles. The van der Waals surface area contributed by atoms with Gasteiger partial charge in [0.1, 0.15) is 11.6 Å². The van der Waals surface area contributed by atoms with Gasteiger partial charge in [0, 0.05) is 27.5 Å². The first-order valence-corrected chi connectivity index (χ1v) is 7.88. The van der Waals surface area contributed by atoms with Crippen LogP contribution in [0.2, 0.25) is 0 Å². The fraction of sp³-hybridized carbons (Fsp3) is 0.167. The van der Waals surface area contributed by atoms with Crippen molar-refractivity contribution in [3.63, 3.8) is 0 Å². The number of aryl methyl sites for hydroxylation is 1. The third kappa shape index (κ3) is 2.92. The van der Waals surface area contributed by atoms with Gasteiger partial charge in [-0.25, -0.2) is 4.98 Å². The molecule has 22 heavy (non-hydrogen) atoms. The summed E-state index contributed by atoms with van der Waals surface area (Å²) in [7, 11) is 1.70. The average Bonchev–Trinajstić information content (AvgIpc) is 2.90. The number of hydrogen-bond acceptors (Lipinski definition) is 2. The molecule has 1 aromatic heterocycles. The lowest BCUT2D eigenvalue weighted by atomic mass is 10.1. The van der Waals surface area contributed by atoms with Crippen molar-refractivity contribution in [1.29, 1.82) is 0 Å². The summed E-state index contributed by atoms with van der Waals surface area (Å²) < 4.78 is 8.73. The molecule has 3 aromatic rings. The maximum Gasteiger partial charge on any atom is 0.140 e. The van der Waals surface area contributed by atoms with Crippen molar-refractivity contribution in [1.82, 2.24) is 9.55 Å². The molecule has 112 valence electrons. The molecule has 0 atom stereocenters. The fourth-order valence-corrected chi connectivity index (χ4v) is 2.76. The van der Waals surface area contributed by atoms with E-state index in [-0.39, 0.29) is 0 Å². The lowest BCUT2D eigenvalue weighted by molar-refractivity contribution is 0.408. The van der Waals surface area contributed by atoms with E-state index >= 15 is 0 Å². The van der Waals surface area contributed by atoms with Gasteiger partial charge in [0.25, 0.3) is 0 Å². The highest BCUT2D eigenvalue weighted by atomic mass is 79.9. The number of ether oxygens (including phenoxy) is 1. The van der Waals surface area contributed by atoms with Crippen LogP contribution >= 0.6 is 15.9 Å². The van der Waals surface area contributed by atoms with Crippen molar-refractivity contribution in [2.75, 3.05) is 7.11 Å². The van der Waals surface area contributed by atoms with Gasteiger partial charge in [-0.05, 0) is 25.1 Å². The molecule has 0 bridgehead atoms. The molecule has 0 saturated heterocycles. The van der Waals surface area contributed by atoms with E-state index in [1.807, 2.05) is 36.5 Å². The molecule has 0 aliphatic heterocycles. The van der Waals surface area contributed by atoms with Gasteiger partial charge in [0.2, 0.25) is 0 Å². The number of para-hydroxylation sites is 1. The van der Waals surface area contributed by atoms with Gasteiger partial charge in [0.05, 0.1) is 13.7 Å². The van der Waals surface area contributed by atoms with E-state index in [2.05, 4.69) is 50.6 Å². The number of benzene rings is 2. The maximum absolute atomic E-state index is 5.46. The normalized spacial score (nSPS) is 10.7. The van der Waals surface area contributed by atoms with Crippen molar-refractivity contribution >= 4 is 15.9 Å². The van der Waals surface area contributed by atoms with E-state index < -0.39 is 0 Å². The molecule has 0 amide bonds. The highest BCUT2D eigenvalue weighted by molar-refractivity contribution is 9.10. The number of imidazole rings is 1. The Morgan fingerprint density at radius 3 is 2.55 bits per heavy atom. The molecule has 0 saturated carbocycles. The van der Waals surface area contributed by atoms with Gasteiger partial charge in [-0.15, -0.1) is 0 Å². The van der Waals surface area contributed by atoms with Gasteiger partial charge in [-0.1, -0.05) is 46.3 Å². The van der Waals surface area contributed by atoms with Crippen LogP contribution in [-0.2, 0) is 6.54 Å². The zero-order valence-corrected chi connectivity index (χ0v) is 14.2. The Kier molecular flexibility index (Phi) is 4.29. The van der Waals surface area contributed by atoms with Crippen LogP contribution in [-0.4, -0.2) is 16.7 Å². The summed E-state index contributed by atoms with van der Waals surface area (Å²) in [4.78, 5) is 4.57. The zero-order chi connectivity index (χ0) is 15.5. The molecular weight excluding hydrogens is 340 g/mol. The monoisotopic (exact) mass is 356 g/mol. The van der Waals surface area contributed by atoms with Crippen LogP contribution in [0, 0.1) is 6.92 Å². The highest BCUT2D eigenvalue weighted by Crippen LogP contribution is 2.25. The van der Waals surface area contributed by atoms with E-state index in [9.17, 15) is 0 Å². The second-order valence-electron chi connectivity index (χ2n) is 5.13. The van der Waals surface area contributed by atoms with Crippen LogP contribution < -0.4 is 4.74 Å². The number of aromatic nitrogens is 2. The van der Waals surface area contributed by atoms with Crippen LogP contribution in [0.3, 0.4) is 0 Å². The van der Waals surface area contributed by atoms with Gasteiger partial charge < -0.3 is 9.30 Å². The first-order chi connectivity index (χ1) is 10.7. The Morgan fingerprint density at radius 1 is 1.09 bits per heavy atom. The molecule has 0 aliphatic rings. The van der Waals surface area contributed by atoms with Crippen LogP contribution in [0.25, 0.3) is 11.4 Å². The first-order valence-electron chi connectivity index (χ1n) is 7.09. The summed E-state index contributed by atoms with van der Waals surface area (Å²) in [6.45, 7) is 2.81. The van der Waals surface area contributed by atoms with E-state index in [0.29, 0.717) is 0 Å². The first kappa shape index (κ1) is 14.9. The SMILES string of the molecule is COc1ccccc1Cn1c(C)cnc1-c1ccc(Br)cc1. The van der Waals surface area contributed by atoms with Crippen molar-refractivity contribution in [2.45, 2.75) is 13.5 Å². The summed E-state index contributed by atoms with van der Waals surface area (Å²) in [5.74, 6) is 1.87. The quantitative estimate of drug-likeness (QED) is 0.678. The number of rotatable bonds is 4. The highest BCUT2D eigenvalue weighted by Gasteiger charge is 2.11. The molecular formula is C18H17BrN2O. The molecule has 3 rings (SSSR count). The predicted molar refractivity (Wildman–Crippen MR) is 92.2 cm³/mol. The van der Waals surface area contributed by atoms with E-state index in [1.165, 1.54) is 0 Å². The summed E-state index contributed by atoms with van der Waals surface area (Å²) in [5, 5.41) is 0. The minimum absolute atomic E-state index is 0.737. The molecule has 0 fully saturated rings. The van der Waals surface area contributed by atoms with Crippen LogP contribution in [0.15, 0.2) is 59.2 Å². The Balaban J connectivity index is 2.01. The van der Waals surface area contributed by atoms with Crippen LogP contribution in [0.1, 0.15) is 11.3 Å². The van der Waals surface area contributed by atoms with Gasteiger partial charge in [-0.3, -0.25) is 0 Å². The zero-order valence-electron chi connectivity index (χ0n) is 12.6. The average molecular weight is 357 g/mol. The Morgan fingerprint density at radius 2 is 1.82 bits per heavy atom. The lowest BCUT2D eigenvalue weighted by Crippen LogP contribution is -2.05. The number of methoxy groups -OCH3 is 1. The molecule has 0 aliphatic carbocycles. The second kappa shape index (κ2) is 6.36. The maximum atomic E-state index is 5.46. The van der Waals surface area contributed by atoms with Crippen molar-refractivity contribution < 1.29 is 4.74 Å². The summed E-state index contributed by atoms with van der Waals surface area (Å²) >= 11 is 3.47. The largest absolute Gasteiger partial charge is 0.496 e. The number of hydrogen-bond donors (Lipinski definition) is 0. The molecule has 0 radical (unpaired) electrons. The molecule has 1 heterocycles. The fourth-order valence-electron chi connectivity index (χ4n) is 2.49. The smallest absolute Gasteiger partial charge is 0.140 e. The van der Waals surface area contributed by atoms with Gasteiger partial charge in [0.15, 0.2) is 0 Å². The summed E-state index contributed by atoms with van der Waals surface area (Å²) in [6, 6.07) is 16.3. The molecule has 0 unspecified atom stereocenters. The molecule has 3 nitrogen and oxygen atoms in total. The van der Waals surface area contributed by atoms with E-state index in [4.69, 9.17) is 4.74 Å². The summed E-state index contributed by atoms with van der Waals surface area (Å²) in [6.07, 6.45) is 1.91. The second-order valence-corrected chi connectivity index (χ2v) is 6.04. The van der Waals surface area contributed by atoms with Gasteiger partial charge >= 0.3 is 0 Å². The van der Waals surface area contributed by atoms with Gasteiger partial charge in [-0.2, -0.15) is 0 Å². The number of nitrogens with zero attached hydrogens (tertiary/aromatic N) is 2. The van der Waals surface area contributed by atoms with Crippen LogP contribution in [0.4, 0.5) is 0 Å². The number of halogens is 1. The Bertz CT molecular complexity index is 778. The van der Waals surface area contributed by atoms with Crippen molar-refractivity contribution in [3.8, 4) is 17.1 Å². The topological polar surface area (TPSA) is 27.1 Å². The van der Waals surface area contributed by atoms with Crippen LogP contribution in [0.5, 0.6) is 5.75 Å². The van der Waals surface area contributed by atoms with Crippen molar-refractivity contribution in [3.05, 3.63) is 70.5 Å².